The van der Waals surface area contributed by atoms with Crippen LogP contribution in [0.2, 0.25) is 0 Å². The number of sulfone groups is 1. The Morgan fingerprint density at radius 3 is 1.88 bits per heavy atom. The van der Waals surface area contributed by atoms with Crippen LogP contribution in [0.15, 0.2) is 166 Å². The zero-order chi connectivity index (χ0) is 29.0. The quantitative estimate of drug-likeness (QED) is 0.203. The molecule has 2 aliphatic heterocycles. The number of para-hydroxylation sites is 3. The molecule has 208 valence electrons. The zero-order valence-electron chi connectivity index (χ0n) is 23.0. The third-order valence-electron chi connectivity index (χ3n) is 8.06. The molecule has 1 atom stereocenters. The van der Waals surface area contributed by atoms with Crippen molar-refractivity contribution in [3.8, 4) is 11.1 Å². The lowest BCUT2D eigenvalue weighted by atomic mass is 10.0. The van der Waals surface area contributed by atoms with Crippen LogP contribution in [-0.2, 0) is 9.84 Å². The molecule has 6 aromatic carbocycles. The van der Waals surface area contributed by atoms with Crippen molar-refractivity contribution in [3.05, 3.63) is 157 Å². The van der Waals surface area contributed by atoms with Gasteiger partial charge in [0.15, 0.2) is 5.37 Å². The van der Waals surface area contributed by atoms with Crippen molar-refractivity contribution < 1.29 is 8.42 Å². The molecule has 6 heteroatoms. The monoisotopic (exact) mass is 594 g/mol. The summed E-state index contributed by atoms with van der Waals surface area (Å²) in [6, 6.07) is 50.4. The molecule has 0 amide bonds. The fourth-order valence-electron chi connectivity index (χ4n) is 6.11. The third kappa shape index (κ3) is 4.25. The minimum atomic E-state index is -3.71. The Kier molecular flexibility index (Phi) is 6.14. The Labute approximate surface area is 255 Å². The van der Waals surface area contributed by atoms with E-state index in [0.717, 1.165) is 49.2 Å². The van der Waals surface area contributed by atoms with E-state index in [0.29, 0.717) is 10.6 Å². The van der Waals surface area contributed by atoms with Gasteiger partial charge in [0.25, 0.3) is 0 Å². The summed E-state index contributed by atoms with van der Waals surface area (Å²) in [7, 11) is -3.71. The smallest absolute Gasteiger partial charge is 0.206 e. The molecule has 43 heavy (non-hydrogen) atoms. The number of fused-ring (bicyclic) bond motifs is 3. The summed E-state index contributed by atoms with van der Waals surface area (Å²) in [6.45, 7) is 0. The average molecular weight is 595 g/mol. The number of hydrogen-bond donors (Lipinski definition) is 0. The summed E-state index contributed by atoms with van der Waals surface area (Å²) in [5.41, 5.74) is 7.68. The molecule has 0 radical (unpaired) electrons. The highest BCUT2D eigenvalue weighted by Gasteiger charge is 2.45. The van der Waals surface area contributed by atoms with Crippen LogP contribution in [0.4, 0.5) is 28.4 Å². The fraction of sp³-hybridized carbons (Fsp3) is 0.0270. The molecule has 0 N–H and O–H groups in total. The van der Waals surface area contributed by atoms with E-state index < -0.39 is 15.2 Å². The van der Waals surface area contributed by atoms with Gasteiger partial charge in [-0.2, -0.15) is 0 Å². The lowest BCUT2D eigenvalue weighted by molar-refractivity contribution is 0.589. The summed E-state index contributed by atoms with van der Waals surface area (Å²) in [6.07, 6.45) is 0. The second-order valence-electron chi connectivity index (χ2n) is 10.6. The van der Waals surface area contributed by atoms with Crippen molar-refractivity contribution in [1.82, 2.24) is 0 Å². The Balaban J connectivity index is 1.26. The van der Waals surface area contributed by atoms with Crippen LogP contribution in [0.3, 0.4) is 0 Å². The van der Waals surface area contributed by atoms with Crippen LogP contribution in [0.5, 0.6) is 0 Å². The molecule has 1 unspecified atom stereocenters. The predicted molar refractivity (Wildman–Crippen MR) is 176 cm³/mol. The summed E-state index contributed by atoms with van der Waals surface area (Å²) in [4.78, 5) is 6.72. The van der Waals surface area contributed by atoms with Crippen molar-refractivity contribution in [3.63, 3.8) is 0 Å². The molecule has 2 aliphatic rings. The first-order valence-electron chi connectivity index (χ1n) is 14.1. The van der Waals surface area contributed by atoms with E-state index in [1.165, 1.54) is 0 Å². The third-order valence-corrected chi connectivity index (χ3v) is 11.2. The molecule has 4 nitrogen and oxygen atoms in total. The molecule has 0 saturated heterocycles. The van der Waals surface area contributed by atoms with Gasteiger partial charge in [-0.25, -0.2) is 8.42 Å². The van der Waals surface area contributed by atoms with E-state index in [2.05, 4.69) is 71.6 Å². The summed E-state index contributed by atoms with van der Waals surface area (Å²) >= 11 is 1.68. The van der Waals surface area contributed by atoms with Crippen molar-refractivity contribution in [2.45, 2.75) is 20.1 Å². The topological polar surface area (TPSA) is 40.6 Å². The van der Waals surface area contributed by atoms with Gasteiger partial charge in [-0.3, -0.25) is 0 Å². The van der Waals surface area contributed by atoms with E-state index >= 15 is 0 Å². The standard InChI is InChI=1S/C37H26N2O2S2/c40-43(41)36-18-10-8-16-33(36)39(30-22-19-27(20-23-30)26-11-3-1-4-12-26)37(43)28-21-24-32-35(25-28)42-34-17-9-7-15-31(34)38(32)29-13-5-2-6-14-29/h1-25,37H. The maximum Gasteiger partial charge on any atom is 0.206 e. The lowest BCUT2D eigenvalue weighted by Crippen LogP contribution is -2.24. The van der Waals surface area contributed by atoms with Crippen LogP contribution in [-0.4, -0.2) is 8.42 Å². The van der Waals surface area contributed by atoms with Crippen LogP contribution < -0.4 is 9.80 Å². The second kappa shape index (κ2) is 10.2. The van der Waals surface area contributed by atoms with Gasteiger partial charge >= 0.3 is 0 Å². The van der Waals surface area contributed by atoms with E-state index in [4.69, 9.17) is 0 Å². The fourth-order valence-corrected chi connectivity index (χ4v) is 9.20. The highest BCUT2D eigenvalue weighted by molar-refractivity contribution is 7.99. The molecule has 0 aromatic heterocycles. The van der Waals surface area contributed by atoms with Crippen molar-refractivity contribution in [2.75, 3.05) is 9.80 Å². The molecule has 8 rings (SSSR count). The van der Waals surface area contributed by atoms with Crippen LogP contribution in [0.1, 0.15) is 10.9 Å². The van der Waals surface area contributed by atoms with Gasteiger partial charge in [0, 0.05) is 21.2 Å². The van der Waals surface area contributed by atoms with Crippen molar-refractivity contribution in [1.29, 1.82) is 0 Å². The van der Waals surface area contributed by atoms with E-state index in [1.807, 2.05) is 77.7 Å². The van der Waals surface area contributed by atoms with Gasteiger partial charge in [-0.15, -0.1) is 0 Å². The van der Waals surface area contributed by atoms with Gasteiger partial charge in [0.05, 0.1) is 22.0 Å². The van der Waals surface area contributed by atoms with Crippen LogP contribution in [0, 0.1) is 0 Å². The van der Waals surface area contributed by atoms with E-state index in [-0.39, 0.29) is 0 Å². The number of nitrogens with zero attached hydrogens (tertiary/aromatic N) is 2. The highest BCUT2D eigenvalue weighted by Crippen LogP contribution is 2.55. The Bertz CT molecular complexity index is 2080. The molecule has 0 bridgehead atoms. The zero-order valence-corrected chi connectivity index (χ0v) is 24.7. The van der Waals surface area contributed by atoms with Gasteiger partial charge in [0.1, 0.15) is 0 Å². The Hall–Kier alpha value is -4.78. The van der Waals surface area contributed by atoms with Gasteiger partial charge in [-0.1, -0.05) is 103 Å². The number of benzene rings is 6. The van der Waals surface area contributed by atoms with Crippen molar-refractivity contribution in [2.24, 2.45) is 0 Å². The number of hydrogen-bond acceptors (Lipinski definition) is 5. The first kappa shape index (κ1) is 25.9. The molecular weight excluding hydrogens is 569 g/mol. The Morgan fingerprint density at radius 1 is 0.512 bits per heavy atom. The summed E-state index contributed by atoms with van der Waals surface area (Å²) in [5, 5.41) is -0.888. The summed E-state index contributed by atoms with van der Waals surface area (Å²) < 4.78 is 28.5. The molecular formula is C37H26N2O2S2. The highest BCUT2D eigenvalue weighted by atomic mass is 32.2. The van der Waals surface area contributed by atoms with Crippen molar-refractivity contribution >= 4 is 50.0 Å². The second-order valence-corrected chi connectivity index (χ2v) is 13.7. The maximum atomic E-state index is 14.3. The van der Waals surface area contributed by atoms with Gasteiger partial charge in [-0.05, 0) is 77.4 Å². The van der Waals surface area contributed by atoms with Gasteiger partial charge < -0.3 is 9.80 Å². The predicted octanol–water partition coefficient (Wildman–Crippen LogP) is 9.91. The van der Waals surface area contributed by atoms with Gasteiger partial charge in [0.2, 0.25) is 9.84 Å². The lowest BCUT2D eigenvalue weighted by Gasteiger charge is -2.34. The first-order valence-corrected chi connectivity index (χ1v) is 16.5. The van der Waals surface area contributed by atoms with E-state index in [1.54, 1.807) is 23.9 Å². The average Bonchev–Trinajstić information content (AvgIpc) is 3.30. The molecule has 0 spiro atoms. The molecule has 0 saturated carbocycles. The minimum absolute atomic E-state index is 0.355. The molecule has 0 fully saturated rings. The normalized spacial score (nSPS) is 16.3. The van der Waals surface area contributed by atoms with E-state index in [9.17, 15) is 8.42 Å². The maximum absolute atomic E-state index is 14.3. The van der Waals surface area contributed by atoms with Crippen LogP contribution in [0.25, 0.3) is 11.1 Å². The molecule has 6 aromatic rings. The summed E-state index contributed by atoms with van der Waals surface area (Å²) in [5.74, 6) is 0. The van der Waals surface area contributed by atoms with Crippen LogP contribution >= 0.6 is 11.8 Å². The molecule has 2 heterocycles. The Morgan fingerprint density at radius 2 is 1.12 bits per heavy atom. The largest absolute Gasteiger partial charge is 0.319 e. The number of rotatable bonds is 4. The number of anilines is 5. The first-order chi connectivity index (χ1) is 21.1. The SMILES string of the molecule is O=S1(=O)c2ccccc2N(c2ccc(-c3ccccc3)cc2)C1c1ccc2c(c1)Sc1ccccc1N2c1ccccc1. The minimum Gasteiger partial charge on any atom is -0.319 e. The molecule has 0 aliphatic carbocycles.